The molecule has 32 heavy (non-hydrogen) atoms. The number of benzene rings is 3. The average Bonchev–Trinajstić information content (AvgIpc) is 2.80. The largest absolute Gasteiger partial charge is 0.488 e. The number of halogens is 1. The van der Waals surface area contributed by atoms with E-state index in [1.54, 1.807) is 61.5 Å². The highest BCUT2D eigenvalue weighted by Gasteiger charge is 2.13. The molecule has 0 heterocycles. The Morgan fingerprint density at radius 3 is 2.50 bits per heavy atom. The Morgan fingerprint density at radius 1 is 1.09 bits per heavy atom. The van der Waals surface area contributed by atoms with Gasteiger partial charge in [-0.1, -0.05) is 48.0 Å². The third-order valence-electron chi connectivity index (χ3n) is 4.70. The van der Waals surface area contributed by atoms with Crippen molar-refractivity contribution in [2.24, 2.45) is 0 Å². The van der Waals surface area contributed by atoms with Crippen molar-refractivity contribution >= 4 is 35.2 Å². The summed E-state index contributed by atoms with van der Waals surface area (Å²) in [5.74, 6) is -1.07. The highest BCUT2D eigenvalue weighted by atomic mass is 35.5. The van der Waals surface area contributed by atoms with Gasteiger partial charge >= 0.3 is 5.97 Å². The van der Waals surface area contributed by atoms with Crippen molar-refractivity contribution in [1.82, 2.24) is 0 Å². The van der Waals surface area contributed by atoms with Crippen molar-refractivity contribution in [2.45, 2.75) is 13.5 Å². The van der Waals surface area contributed by atoms with E-state index in [0.29, 0.717) is 27.6 Å². The summed E-state index contributed by atoms with van der Waals surface area (Å²) in [5.41, 5.74) is 2.67. The number of para-hydroxylation sites is 1. The van der Waals surface area contributed by atoms with E-state index in [1.807, 2.05) is 6.07 Å². The minimum atomic E-state index is -0.997. The summed E-state index contributed by atoms with van der Waals surface area (Å²) in [6, 6.07) is 20.4. The highest BCUT2D eigenvalue weighted by Crippen LogP contribution is 2.25. The zero-order valence-corrected chi connectivity index (χ0v) is 17.9. The van der Waals surface area contributed by atoms with Crippen molar-refractivity contribution in [3.8, 4) is 11.8 Å². The highest BCUT2D eigenvalue weighted by molar-refractivity contribution is 6.31. The molecular weight excluding hydrogens is 428 g/mol. The van der Waals surface area contributed by atoms with E-state index in [4.69, 9.17) is 21.4 Å². The van der Waals surface area contributed by atoms with Crippen LogP contribution in [-0.2, 0) is 11.4 Å². The second kappa shape index (κ2) is 10.3. The van der Waals surface area contributed by atoms with E-state index in [2.05, 4.69) is 5.32 Å². The van der Waals surface area contributed by atoms with Crippen LogP contribution in [0.1, 0.15) is 27.0 Å². The van der Waals surface area contributed by atoms with Gasteiger partial charge in [0.25, 0.3) is 5.91 Å². The van der Waals surface area contributed by atoms with E-state index < -0.39 is 11.9 Å². The summed E-state index contributed by atoms with van der Waals surface area (Å²) in [4.78, 5) is 23.6. The summed E-state index contributed by atoms with van der Waals surface area (Å²) < 4.78 is 5.85. The van der Waals surface area contributed by atoms with Crippen LogP contribution in [0.2, 0.25) is 5.02 Å². The fourth-order valence-corrected chi connectivity index (χ4v) is 3.05. The molecule has 2 N–H and O–H groups in total. The van der Waals surface area contributed by atoms with Gasteiger partial charge in [0, 0.05) is 16.3 Å². The number of nitriles is 1. The molecule has 3 rings (SSSR count). The number of hydrogen-bond acceptors (Lipinski definition) is 4. The lowest BCUT2D eigenvalue weighted by atomic mass is 10.1. The SMILES string of the molecule is Cc1c(Cl)cccc1NC(=O)/C(C#N)=C\c1ccccc1OCc1ccc(C(=O)O)cc1. The summed E-state index contributed by atoms with van der Waals surface area (Å²) >= 11 is 6.09. The maximum absolute atomic E-state index is 12.7. The predicted molar refractivity (Wildman–Crippen MR) is 123 cm³/mol. The lowest BCUT2D eigenvalue weighted by Gasteiger charge is -2.11. The minimum Gasteiger partial charge on any atom is -0.488 e. The predicted octanol–water partition coefficient (Wildman–Crippen LogP) is 5.47. The molecule has 0 bridgehead atoms. The first kappa shape index (κ1) is 22.6. The number of nitrogens with one attached hydrogen (secondary N) is 1. The van der Waals surface area contributed by atoms with Gasteiger partial charge in [-0.05, 0) is 54.5 Å². The molecule has 0 unspecified atom stereocenters. The van der Waals surface area contributed by atoms with E-state index in [0.717, 1.165) is 5.56 Å². The van der Waals surface area contributed by atoms with Gasteiger partial charge in [0.2, 0.25) is 0 Å². The van der Waals surface area contributed by atoms with Crippen LogP contribution in [0.5, 0.6) is 5.75 Å². The smallest absolute Gasteiger partial charge is 0.335 e. The quantitative estimate of drug-likeness (QED) is 0.370. The molecule has 0 saturated carbocycles. The van der Waals surface area contributed by atoms with Gasteiger partial charge in [-0.2, -0.15) is 5.26 Å². The third kappa shape index (κ3) is 5.54. The summed E-state index contributed by atoms with van der Waals surface area (Å²) in [6.07, 6.45) is 1.46. The maximum Gasteiger partial charge on any atom is 0.335 e. The third-order valence-corrected chi connectivity index (χ3v) is 5.10. The molecule has 6 nitrogen and oxygen atoms in total. The summed E-state index contributed by atoms with van der Waals surface area (Å²) in [6.45, 7) is 1.97. The molecule has 0 aliphatic carbocycles. The molecule has 3 aromatic rings. The van der Waals surface area contributed by atoms with Crippen LogP contribution in [0, 0.1) is 18.3 Å². The molecule has 3 aromatic carbocycles. The van der Waals surface area contributed by atoms with Gasteiger partial charge in [0.1, 0.15) is 24.0 Å². The number of carboxylic acid groups (broad SMARTS) is 1. The van der Waals surface area contributed by atoms with Gasteiger partial charge in [-0.3, -0.25) is 4.79 Å². The molecule has 0 aliphatic heterocycles. The molecule has 7 heteroatoms. The number of carbonyl (C=O) groups is 2. The van der Waals surface area contributed by atoms with Crippen LogP contribution in [0.25, 0.3) is 6.08 Å². The maximum atomic E-state index is 12.7. The van der Waals surface area contributed by atoms with Gasteiger partial charge in [0.05, 0.1) is 5.56 Å². The molecule has 0 spiro atoms. The number of carbonyl (C=O) groups excluding carboxylic acids is 1. The molecular formula is C25H19ClN2O4. The average molecular weight is 447 g/mol. The lowest BCUT2D eigenvalue weighted by molar-refractivity contribution is -0.112. The number of rotatable bonds is 7. The molecule has 0 fully saturated rings. The molecule has 0 radical (unpaired) electrons. The topological polar surface area (TPSA) is 99.4 Å². The first-order valence-corrected chi connectivity index (χ1v) is 9.99. The minimum absolute atomic E-state index is 0.0914. The fourth-order valence-electron chi connectivity index (χ4n) is 2.87. The second-order valence-electron chi connectivity index (χ2n) is 6.86. The van der Waals surface area contributed by atoms with Gasteiger partial charge < -0.3 is 15.2 Å². The van der Waals surface area contributed by atoms with Gasteiger partial charge in [-0.15, -0.1) is 0 Å². The Balaban J connectivity index is 1.78. The van der Waals surface area contributed by atoms with E-state index in [-0.39, 0.29) is 17.7 Å². The Bertz CT molecular complexity index is 1230. The van der Waals surface area contributed by atoms with E-state index in [9.17, 15) is 14.9 Å². The van der Waals surface area contributed by atoms with Crippen LogP contribution in [-0.4, -0.2) is 17.0 Å². The standard InChI is InChI=1S/C25H19ClN2O4/c1-16-21(26)6-4-7-22(16)28-24(29)20(14-27)13-19-5-2-3-8-23(19)32-15-17-9-11-18(12-10-17)25(30)31/h2-13H,15H2,1H3,(H,28,29)(H,30,31)/b20-13-. The Hall–Kier alpha value is -4.08. The fraction of sp³-hybridized carbons (Fsp3) is 0.0800. The Kier molecular flexibility index (Phi) is 7.27. The van der Waals surface area contributed by atoms with E-state index >= 15 is 0 Å². The molecule has 0 aliphatic rings. The first-order chi connectivity index (χ1) is 15.4. The van der Waals surface area contributed by atoms with Crippen molar-refractivity contribution in [1.29, 1.82) is 5.26 Å². The number of anilines is 1. The zero-order valence-electron chi connectivity index (χ0n) is 17.1. The van der Waals surface area contributed by atoms with Gasteiger partial charge in [0.15, 0.2) is 0 Å². The zero-order chi connectivity index (χ0) is 23.1. The molecule has 160 valence electrons. The molecule has 0 atom stereocenters. The number of amides is 1. The Labute approximate surface area is 190 Å². The van der Waals surface area contributed by atoms with Crippen molar-refractivity contribution in [3.63, 3.8) is 0 Å². The number of ether oxygens (including phenoxy) is 1. The van der Waals surface area contributed by atoms with Crippen molar-refractivity contribution in [3.05, 3.63) is 99.6 Å². The Morgan fingerprint density at radius 2 is 1.81 bits per heavy atom. The molecule has 1 amide bonds. The summed E-state index contributed by atoms with van der Waals surface area (Å²) in [5, 5.41) is 21.8. The van der Waals surface area contributed by atoms with Crippen molar-refractivity contribution < 1.29 is 19.4 Å². The number of carboxylic acids is 1. The molecule has 0 saturated heterocycles. The van der Waals surface area contributed by atoms with Crippen LogP contribution in [0.15, 0.2) is 72.3 Å². The van der Waals surface area contributed by atoms with Crippen LogP contribution < -0.4 is 10.1 Å². The van der Waals surface area contributed by atoms with Crippen LogP contribution >= 0.6 is 11.6 Å². The number of nitrogens with zero attached hydrogens (tertiary/aromatic N) is 1. The van der Waals surface area contributed by atoms with Gasteiger partial charge in [-0.25, -0.2) is 4.79 Å². The van der Waals surface area contributed by atoms with Crippen LogP contribution in [0.3, 0.4) is 0 Å². The first-order valence-electron chi connectivity index (χ1n) is 9.61. The lowest BCUT2D eigenvalue weighted by Crippen LogP contribution is -2.14. The number of hydrogen-bond donors (Lipinski definition) is 2. The van der Waals surface area contributed by atoms with Crippen molar-refractivity contribution in [2.75, 3.05) is 5.32 Å². The van der Waals surface area contributed by atoms with E-state index in [1.165, 1.54) is 18.2 Å². The van der Waals surface area contributed by atoms with Crippen LogP contribution in [0.4, 0.5) is 5.69 Å². The normalized spacial score (nSPS) is 10.8. The second-order valence-corrected chi connectivity index (χ2v) is 7.27. The molecule has 0 aromatic heterocycles. The summed E-state index contributed by atoms with van der Waals surface area (Å²) in [7, 11) is 0. The number of aromatic carboxylic acids is 1. The monoisotopic (exact) mass is 446 g/mol.